The van der Waals surface area contributed by atoms with Crippen molar-refractivity contribution in [3.63, 3.8) is 0 Å². The molecule has 0 saturated heterocycles. The molecule has 0 unspecified atom stereocenters. The molecule has 0 fully saturated rings. The zero-order chi connectivity index (χ0) is 22.2. The molecule has 0 bridgehead atoms. The molecule has 0 aliphatic rings. The average molecular weight is 441 g/mol. The molecule has 7 heteroatoms. The van der Waals surface area contributed by atoms with Crippen LogP contribution in [0.1, 0.15) is 40.5 Å². The number of nitrogens with one attached hydrogen (secondary N) is 2. The molecular weight excluding hydrogens is 419 g/mol. The van der Waals surface area contributed by atoms with Gasteiger partial charge in [-0.05, 0) is 61.0 Å². The van der Waals surface area contributed by atoms with Crippen LogP contribution in [-0.4, -0.2) is 18.4 Å². The molecule has 5 nitrogen and oxygen atoms in total. The van der Waals surface area contributed by atoms with Crippen molar-refractivity contribution >= 4 is 34.8 Å². The fraction of sp³-hybridized carbons (Fsp3) is 0.167. The van der Waals surface area contributed by atoms with Gasteiger partial charge in [-0.1, -0.05) is 37.1 Å². The molecule has 0 aromatic heterocycles. The Kier molecular flexibility index (Phi) is 7.62. The third kappa shape index (κ3) is 6.30. The number of carbonyl (C=O) groups excluding carboxylic acids is 2. The SMILES string of the molecule is CCCCOc1cccc(C(=O)Nc2cccc(C(=O)Nc3ccc(F)c(Cl)c3)c2)c1. The molecule has 3 aromatic carbocycles. The van der Waals surface area contributed by atoms with Crippen LogP contribution in [0.25, 0.3) is 0 Å². The van der Waals surface area contributed by atoms with Gasteiger partial charge in [-0.2, -0.15) is 0 Å². The van der Waals surface area contributed by atoms with Crippen molar-refractivity contribution in [2.24, 2.45) is 0 Å². The summed E-state index contributed by atoms with van der Waals surface area (Å²) in [5.41, 5.74) is 1.61. The van der Waals surface area contributed by atoms with Crippen LogP contribution in [0.15, 0.2) is 66.7 Å². The first kappa shape index (κ1) is 22.3. The van der Waals surface area contributed by atoms with Gasteiger partial charge in [0.05, 0.1) is 11.6 Å². The molecule has 0 radical (unpaired) electrons. The summed E-state index contributed by atoms with van der Waals surface area (Å²) in [6.07, 6.45) is 1.97. The molecule has 160 valence electrons. The van der Waals surface area contributed by atoms with Crippen molar-refractivity contribution in [2.45, 2.75) is 19.8 Å². The highest BCUT2D eigenvalue weighted by molar-refractivity contribution is 6.31. The van der Waals surface area contributed by atoms with Crippen LogP contribution in [0.2, 0.25) is 5.02 Å². The van der Waals surface area contributed by atoms with E-state index >= 15 is 0 Å². The third-order valence-electron chi connectivity index (χ3n) is 4.42. The highest BCUT2D eigenvalue weighted by Crippen LogP contribution is 2.21. The van der Waals surface area contributed by atoms with E-state index < -0.39 is 11.7 Å². The second-order valence-electron chi connectivity index (χ2n) is 6.85. The van der Waals surface area contributed by atoms with Gasteiger partial charge in [-0.25, -0.2) is 4.39 Å². The Balaban J connectivity index is 1.67. The Bertz CT molecular complexity index is 1090. The summed E-state index contributed by atoms with van der Waals surface area (Å²) in [5.74, 6) is -0.662. The lowest BCUT2D eigenvalue weighted by molar-refractivity contribution is 0.101. The van der Waals surface area contributed by atoms with Crippen LogP contribution >= 0.6 is 11.6 Å². The van der Waals surface area contributed by atoms with Gasteiger partial charge in [-0.3, -0.25) is 9.59 Å². The van der Waals surface area contributed by atoms with Gasteiger partial charge in [0, 0.05) is 22.5 Å². The predicted octanol–water partition coefficient (Wildman–Crippen LogP) is 6.16. The molecule has 0 heterocycles. The number of hydrogen-bond donors (Lipinski definition) is 2. The van der Waals surface area contributed by atoms with Crippen molar-refractivity contribution in [1.29, 1.82) is 0 Å². The Hall–Kier alpha value is -3.38. The van der Waals surface area contributed by atoms with E-state index in [2.05, 4.69) is 17.6 Å². The molecule has 3 rings (SSSR count). The lowest BCUT2D eigenvalue weighted by atomic mass is 10.1. The number of amides is 2. The monoisotopic (exact) mass is 440 g/mol. The van der Waals surface area contributed by atoms with Gasteiger partial charge in [-0.15, -0.1) is 0 Å². The van der Waals surface area contributed by atoms with E-state index in [1.165, 1.54) is 18.2 Å². The number of benzene rings is 3. The molecule has 0 saturated carbocycles. The second kappa shape index (κ2) is 10.6. The lowest BCUT2D eigenvalue weighted by Crippen LogP contribution is -2.15. The van der Waals surface area contributed by atoms with E-state index in [4.69, 9.17) is 16.3 Å². The summed E-state index contributed by atoms with van der Waals surface area (Å²) in [4.78, 5) is 25.1. The summed E-state index contributed by atoms with van der Waals surface area (Å²) in [5, 5.41) is 5.35. The van der Waals surface area contributed by atoms with Crippen molar-refractivity contribution in [2.75, 3.05) is 17.2 Å². The number of unbranched alkanes of at least 4 members (excludes halogenated alkanes) is 1. The summed E-state index contributed by atoms with van der Waals surface area (Å²) >= 11 is 5.75. The standard InChI is InChI=1S/C24H22ClFN2O3/c1-2-3-12-31-20-9-5-7-17(14-20)24(30)27-18-8-4-6-16(13-18)23(29)28-19-10-11-22(26)21(25)15-19/h4-11,13-15H,2-3,12H2,1H3,(H,27,30)(H,28,29). The van der Waals surface area contributed by atoms with Crippen LogP contribution in [0.4, 0.5) is 15.8 Å². The van der Waals surface area contributed by atoms with Crippen LogP contribution in [0.3, 0.4) is 0 Å². The lowest BCUT2D eigenvalue weighted by Gasteiger charge is -2.10. The number of carbonyl (C=O) groups is 2. The molecule has 2 N–H and O–H groups in total. The first-order valence-electron chi connectivity index (χ1n) is 9.87. The van der Waals surface area contributed by atoms with Crippen LogP contribution in [0, 0.1) is 5.82 Å². The molecular formula is C24H22ClFN2O3. The molecule has 3 aromatic rings. The van der Waals surface area contributed by atoms with Gasteiger partial charge in [0.15, 0.2) is 0 Å². The Morgan fingerprint density at radius 3 is 2.23 bits per heavy atom. The number of ether oxygens (including phenoxy) is 1. The van der Waals surface area contributed by atoms with Crippen LogP contribution in [-0.2, 0) is 0 Å². The van der Waals surface area contributed by atoms with E-state index in [0.717, 1.165) is 12.8 Å². The quantitative estimate of drug-likeness (QED) is 0.412. The third-order valence-corrected chi connectivity index (χ3v) is 4.71. The largest absolute Gasteiger partial charge is 0.494 e. The topological polar surface area (TPSA) is 67.4 Å². The van der Waals surface area contributed by atoms with E-state index in [0.29, 0.717) is 34.9 Å². The fourth-order valence-electron chi connectivity index (χ4n) is 2.78. The molecule has 0 spiro atoms. The van der Waals surface area contributed by atoms with Crippen LogP contribution < -0.4 is 15.4 Å². The number of halogens is 2. The minimum absolute atomic E-state index is 0.0836. The molecule has 2 amide bonds. The normalized spacial score (nSPS) is 10.4. The molecule has 0 aliphatic carbocycles. The van der Waals surface area contributed by atoms with Gasteiger partial charge in [0.25, 0.3) is 11.8 Å². The summed E-state index contributed by atoms with van der Waals surface area (Å²) in [6, 6.07) is 17.4. The molecule has 31 heavy (non-hydrogen) atoms. The Morgan fingerprint density at radius 1 is 0.903 bits per heavy atom. The minimum Gasteiger partial charge on any atom is -0.494 e. The average Bonchev–Trinajstić information content (AvgIpc) is 2.77. The smallest absolute Gasteiger partial charge is 0.255 e. The predicted molar refractivity (Wildman–Crippen MR) is 121 cm³/mol. The van der Waals surface area contributed by atoms with Crippen LogP contribution in [0.5, 0.6) is 5.75 Å². The first-order chi connectivity index (χ1) is 15.0. The van der Waals surface area contributed by atoms with Gasteiger partial charge in [0.1, 0.15) is 11.6 Å². The van der Waals surface area contributed by atoms with E-state index in [1.54, 1.807) is 48.5 Å². The second-order valence-corrected chi connectivity index (χ2v) is 7.25. The molecule has 0 aliphatic heterocycles. The highest BCUT2D eigenvalue weighted by Gasteiger charge is 2.11. The first-order valence-corrected chi connectivity index (χ1v) is 10.2. The van der Waals surface area contributed by atoms with Gasteiger partial charge >= 0.3 is 0 Å². The van der Waals surface area contributed by atoms with Crippen molar-refractivity contribution in [3.8, 4) is 5.75 Å². The maximum Gasteiger partial charge on any atom is 0.255 e. The van der Waals surface area contributed by atoms with Crippen molar-refractivity contribution < 1.29 is 18.7 Å². The zero-order valence-electron chi connectivity index (χ0n) is 17.0. The van der Waals surface area contributed by atoms with Crippen molar-refractivity contribution in [3.05, 3.63) is 88.7 Å². The number of hydrogen-bond acceptors (Lipinski definition) is 3. The summed E-state index contributed by atoms with van der Waals surface area (Å²) in [7, 11) is 0. The maximum absolute atomic E-state index is 13.3. The number of rotatable bonds is 8. The summed E-state index contributed by atoms with van der Waals surface area (Å²) in [6.45, 7) is 2.68. The Labute approximate surface area is 185 Å². The fourth-order valence-corrected chi connectivity index (χ4v) is 2.96. The zero-order valence-corrected chi connectivity index (χ0v) is 17.7. The minimum atomic E-state index is -0.566. The van der Waals surface area contributed by atoms with E-state index in [1.807, 2.05) is 0 Å². The van der Waals surface area contributed by atoms with E-state index in [9.17, 15) is 14.0 Å². The van der Waals surface area contributed by atoms with Crippen molar-refractivity contribution in [1.82, 2.24) is 0 Å². The van der Waals surface area contributed by atoms with Gasteiger partial charge < -0.3 is 15.4 Å². The van der Waals surface area contributed by atoms with Gasteiger partial charge in [0.2, 0.25) is 0 Å². The maximum atomic E-state index is 13.3. The number of anilines is 2. The molecule has 0 atom stereocenters. The highest BCUT2D eigenvalue weighted by atomic mass is 35.5. The Morgan fingerprint density at radius 2 is 1.55 bits per heavy atom. The van der Waals surface area contributed by atoms with E-state index in [-0.39, 0.29) is 10.9 Å². The summed E-state index contributed by atoms with van der Waals surface area (Å²) < 4.78 is 18.9.